The zero-order valence-electron chi connectivity index (χ0n) is 18.9. The van der Waals surface area contributed by atoms with E-state index in [0.29, 0.717) is 17.7 Å². The highest BCUT2D eigenvalue weighted by atomic mass is 16.5. The SMILES string of the molecule is C=CCn1c(C)cc(C(=O)COC(=O)C[C@@H](NC(=O)c2ccccc2)c2ccccc2)c1C. The molecular formula is C27H28N2O4. The molecule has 6 nitrogen and oxygen atoms in total. The highest BCUT2D eigenvalue weighted by Crippen LogP contribution is 2.19. The molecule has 0 fully saturated rings. The van der Waals surface area contributed by atoms with Crippen LogP contribution in [-0.4, -0.2) is 28.8 Å². The van der Waals surface area contributed by atoms with Gasteiger partial charge >= 0.3 is 5.97 Å². The molecule has 170 valence electrons. The number of Topliss-reactive ketones (excluding diaryl/α,β-unsaturated/α-hetero) is 1. The molecule has 3 aromatic rings. The van der Waals surface area contributed by atoms with Crippen molar-refractivity contribution in [1.82, 2.24) is 9.88 Å². The number of rotatable bonds is 10. The van der Waals surface area contributed by atoms with E-state index in [4.69, 9.17) is 4.74 Å². The van der Waals surface area contributed by atoms with E-state index in [9.17, 15) is 14.4 Å². The van der Waals surface area contributed by atoms with Gasteiger partial charge in [0.15, 0.2) is 6.61 Å². The number of nitrogens with zero attached hydrogens (tertiary/aromatic N) is 1. The lowest BCUT2D eigenvalue weighted by Gasteiger charge is -2.18. The van der Waals surface area contributed by atoms with Crippen molar-refractivity contribution in [2.24, 2.45) is 0 Å². The first kappa shape index (κ1) is 23.7. The zero-order valence-corrected chi connectivity index (χ0v) is 18.9. The molecule has 0 saturated carbocycles. The van der Waals surface area contributed by atoms with Crippen LogP contribution in [0.1, 0.15) is 50.1 Å². The van der Waals surface area contributed by atoms with Crippen LogP contribution in [0.5, 0.6) is 0 Å². The van der Waals surface area contributed by atoms with E-state index < -0.39 is 12.0 Å². The fourth-order valence-corrected chi connectivity index (χ4v) is 3.71. The number of allylic oxidation sites excluding steroid dienone is 1. The maximum atomic E-state index is 12.7. The van der Waals surface area contributed by atoms with Gasteiger partial charge in [-0.05, 0) is 37.6 Å². The molecule has 3 rings (SSSR count). The van der Waals surface area contributed by atoms with Gasteiger partial charge in [-0.1, -0.05) is 54.6 Å². The van der Waals surface area contributed by atoms with E-state index in [1.807, 2.05) is 54.8 Å². The number of hydrogen-bond acceptors (Lipinski definition) is 4. The Hall–Kier alpha value is -3.93. The van der Waals surface area contributed by atoms with Crippen LogP contribution < -0.4 is 5.32 Å². The number of aryl methyl sites for hydroxylation is 1. The van der Waals surface area contributed by atoms with E-state index in [0.717, 1.165) is 17.0 Å². The van der Waals surface area contributed by atoms with Gasteiger partial charge in [0.2, 0.25) is 5.78 Å². The molecule has 0 aliphatic rings. The zero-order chi connectivity index (χ0) is 23.8. The summed E-state index contributed by atoms with van der Waals surface area (Å²) in [6.07, 6.45) is 1.67. The summed E-state index contributed by atoms with van der Waals surface area (Å²) < 4.78 is 7.27. The van der Waals surface area contributed by atoms with Crippen LogP contribution in [0.15, 0.2) is 79.4 Å². The predicted octanol–water partition coefficient (Wildman–Crippen LogP) is 4.58. The molecule has 1 N–H and O–H groups in total. The van der Waals surface area contributed by atoms with Gasteiger partial charge in [-0.3, -0.25) is 14.4 Å². The average molecular weight is 445 g/mol. The van der Waals surface area contributed by atoms with Crippen molar-refractivity contribution in [1.29, 1.82) is 0 Å². The monoisotopic (exact) mass is 444 g/mol. The molecule has 0 aliphatic heterocycles. The van der Waals surface area contributed by atoms with E-state index in [1.165, 1.54) is 0 Å². The third kappa shape index (κ3) is 6.07. The summed E-state index contributed by atoms with van der Waals surface area (Å²) >= 11 is 0. The number of esters is 1. The first-order valence-corrected chi connectivity index (χ1v) is 10.8. The lowest BCUT2D eigenvalue weighted by atomic mass is 10.0. The number of aromatic nitrogens is 1. The van der Waals surface area contributed by atoms with Gasteiger partial charge in [0, 0.05) is 29.1 Å². The van der Waals surface area contributed by atoms with Crippen molar-refractivity contribution in [3.05, 3.63) is 107 Å². The Balaban J connectivity index is 1.66. The third-order valence-electron chi connectivity index (χ3n) is 5.46. The van der Waals surface area contributed by atoms with E-state index in [2.05, 4.69) is 11.9 Å². The minimum absolute atomic E-state index is 0.0919. The Morgan fingerprint density at radius 2 is 1.67 bits per heavy atom. The van der Waals surface area contributed by atoms with Crippen molar-refractivity contribution in [2.75, 3.05) is 6.61 Å². The number of nitrogens with one attached hydrogen (secondary N) is 1. The Kier molecular flexibility index (Phi) is 7.97. The molecule has 33 heavy (non-hydrogen) atoms. The van der Waals surface area contributed by atoms with E-state index >= 15 is 0 Å². The summed E-state index contributed by atoms with van der Waals surface area (Å²) in [5.74, 6) is -1.12. The predicted molar refractivity (Wildman–Crippen MR) is 127 cm³/mol. The van der Waals surface area contributed by atoms with E-state index in [-0.39, 0.29) is 24.7 Å². The average Bonchev–Trinajstić information content (AvgIpc) is 3.12. The van der Waals surface area contributed by atoms with Crippen LogP contribution in [0.2, 0.25) is 0 Å². The molecule has 1 amide bonds. The standard InChI is InChI=1S/C27H28N2O4/c1-4-15-29-19(2)16-23(20(29)3)25(30)18-33-26(31)17-24(21-11-7-5-8-12-21)28-27(32)22-13-9-6-10-14-22/h4-14,16,24H,1,15,17-18H2,2-3H3,(H,28,32)/t24-/m1/s1. The first-order valence-electron chi connectivity index (χ1n) is 10.8. The van der Waals surface area contributed by atoms with Gasteiger partial charge in [-0.15, -0.1) is 6.58 Å². The number of carbonyl (C=O) groups excluding carboxylic acids is 3. The van der Waals surface area contributed by atoms with Crippen molar-refractivity contribution >= 4 is 17.7 Å². The van der Waals surface area contributed by atoms with Crippen LogP contribution in [0.4, 0.5) is 0 Å². The van der Waals surface area contributed by atoms with Crippen molar-refractivity contribution < 1.29 is 19.1 Å². The van der Waals surface area contributed by atoms with Crippen LogP contribution in [0.25, 0.3) is 0 Å². The van der Waals surface area contributed by atoms with Crippen LogP contribution in [0, 0.1) is 13.8 Å². The third-order valence-corrected chi connectivity index (χ3v) is 5.46. The molecule has 0 unspecified atom stereocenters. The fraction of sp³-hybridized carbons (Fsp3) is 0.222. The van der Waals surface area contributed by atoms with Crippen molar-refractivity contribution in [2.45, 2.75) is 32.9 Å². The molecule has 1 aromatic heterocycles. The Morgan fingerprint density at radius 3 is 2.30 bits per heavy atom. The molecule has 0 radical (unpaired) electrons. The van der Waals surface area contributed by atoms with Gasteiger partial charge in [0.25, 0.3) is 5.91 Å². The summed E-state index contributed by atoms with van der Waals surface area (Å²) in [7, 11) is 0. The molecule has 6 heteroatoms. The van der Waals surface area contributed by atoms with Gasteiger partial charge in [-0.2, -0.15) is 0 Å². The maximum Gasteiger partial charge on any atom is 0.308 e. The van der Waals surface area contributed by atoms with Crippen LogP contribution in [0.3, 0.4) is 0 Å². The molecule has 0 aliphatic carbocycles. The van der Waals surface area contributed by atoms with Gasteiger partial charge < -0.3 is 14.6 Å². The molecule has 2 aromatic carbocycles. The molecule has 0 saturated heterocycles. The first-order chi connectivity index (χ1) is 15.9. The summed E-state index contributed by atoms with van der Waals surface area (Å²) in [6, 6.07) is 19.2. The van der Waals surface area contributed by atoms with Crippen LogP contribution in [-0.2, 0) is 16.1 Å². The maximum absolute atomic E-state index is 12.7. The molecule has 0 spiro atoms. The second kappa shape index (κ2) is 11.1. The molecule has 0 bridgehead atoms. The highest BCUT2D eigenvalue weighted by Gasteiger charge is 2.22. The van der Waals surface area contributed by atoms with Gasteiger partial charge in [0.05, 0.1) is 12.5 Å². The van der Waals surface area contributed by atoms with E-state index in [1.54, 1.807) is 36.4 Å². The number of amides is 1. The number of carbonyl (C=O) groups is 3. The Labute approximate surface area is 193 Å². The largest absolute Gasteiger partial charge is 0.457 e. The summed E-state index contributed by atoms with van der Waals surface area (Å²) in [4.78, 5) is 37.9. The van der Waals surface area contributed by atoms with Crippen LogP contribution >= 0.6 is 0 Å². The van der Waals surface area contributed by atoms with Gasteiger partial charge in [-0.25, -0.2) is 0 Å². The topological polar surface area (TPSA) is 77.4 Å². The Bertz CT molecular complexity index is 1130. The summed E-state index contributed by atoms with van der Waals surface area (Å²) in [5, 5.41) is 2.90. The number of ketones is 1. The lowest BCUT2D eigenvalue weighted by Crippen LogP contribution is -2.31. The second-order valence-electron chi connectivity index (χ2n) is 7.77. The normalized spacial score (nSPS) is 11.5. The number of ether oxygens (including phenoxy) is 1. The summed E-state index contributed by atoms with van der Waals surface area (Å²) in [5.41, 5.74) is 3.55. The fourth-order valence-electron chi connectivity index (χ4n) is 3.71. The van der Waals surface area contributed by atoms with Crippen molar-refractivity contribution in [3.63, 3.8) is 0 Å². The lowest BCUT2D eigenvalue weighted by molar-refractivity contribution is -0.143. The Morgan fingerprint density at radius 1 is 1.03 bits per heavy atom. The number of hydrogen-bond donors (Lipinski definition) is 1. The number of benzene rings is 2. The van der Waals surface area contributed by atoms with Gasteiger partial charge in [0.1, 0.15) is 0 Å². The molecule has 1 heterocycles. The molecule has 1 atom stereocenters. The quantitative estimate of drug-likeness (QED) is 0.282. The second-order valence-corrected chi connectivity index (χ2v) is 7.77. The highest BCUT2D eigenvalue weighted by molar-refractivity contribution is 5.99. The smallest absolute Gasteiger partial charge is 0.308 e. The molecular weight excluding hydrogens is 416 g/mol. The summed E-state index contributed by atoms with van der Waals surface area (Å²) in [6.45, 7) is 7.76. The minimum atomic E-state index is -0.584. The minimum Gasteiger partial charge on any atom is -0.457 e. The van der Waals surface area contributed by atoms with Crippen molar-refractivity contribution in [3.8, 4) is 0 Å².